The van der Waals surface area contributed by atoms with E-state index in [2.05, 4.69) is 5.32 Å². The fourth-order valence-electron chi connectivity index (χ4n) is 1.55. The highest BCUT2D eigenvalue weighted by atomic mass is 19.1. The van der Waals surface area contributed by atoms with Crippen molar-refractivity contribution in [3.05, 3.63) is 59.4 Å². The Balaban J connectivity index is 2.01. The number of phenolic OH excluding ortho intramolecular Hbond substituents is 2. The largest absolute Gasteiger partial charge is 0.504 e. The van der Waals surface area contributed by atoms with Crippen molar-refractivity contribution in [2.75, 3.05) is 0 Å². The quantitative estimate of drug-likeness (QED) is 0.741. The first-order valence-corrected chi connectivity index (χ1v) is 5.61. The SMILES string of the molecule is O=C(NCc1ccc(F)cc1)c1ccc(O)c(O)c1. The first-order chi connectivity index (χ1) is 9.06. The summed E-state index contributed by atoms with van der Waals surface area (Å²) in [6.07, 6.45) is 0. The third kappa shape index (κ3) is 3.22. The third-order valence-corrected chi connectivity index (χ3v) is 2.60. The zero-order valence-electron chi connectivity index (χ0n) is 9.93. The van der Waals surface area contributed by atoms with E-state index in [4.69, 9.17) is 5.11 Å². The van der Waals surface area contributed by atoms with E-state index in [0.29, 0.717) is 0 Å². The van der Waals surface area contributed by atoms with E-state index in [-0.39, 0.29) is 35.3 Å². The number of hydrogen-bond acceptors (Lipinski definition) is 3. The Hall–Kier alpha value is -2.56. The molecule has 1 amide bonds. The number of nitrogens with one attached hydrogen (secondary N) is 1. The Bertz CT molecular complexity index is 596. The number of carbonyl (C=O) groups excluding carboxylic acids is 1. The van der Waals surface area contributed by atoms with E-state index in [1.807, 2.05) is 0 Å². The summed E-state index contributed by atoms with van der Waals surface area (Å²) >= 11 is 0. The Labute approximate surface area is 109 Å². The van der Waals surface area contributed by atoms with Gasteiger partial charge in [0.2, 0.25) is 0 Å². The van der Waals surface area contributed by atoms with Crippen LogP contribution < -0.4 is 5.32 Å². The number of carbonyl (C=O) groups is 1. The molecule has 5 heteroatoms. The summed E-state index contributed by atoms with van der Waals surface area (Å²) in [5.41, 5.74) is 0.996. The summed E-state index contributed by atoms with van der Waals surface area (Å²) in [7, 11) is 0. The van der Waals surface area contributed by atoms with Gasteiger partial charge in [0.1, 0.15) is 5.82 Å². The third-order valence-electron chi connectivity index (χ3n) is 2.60. The number of aromatic hydroxyl groups is 2. The zero-order valence-corrected chi connectivity index (χ0v) is 9.93. The van der Waals surface area contributed by atoms with Crippen LogP contribution in [0.15, 0.2) is 42.5 Å². The van der Waals surface area contributed by atoms with E-state index in [9.17, 15) is 14.3 Å². The van der Waals surface area contributed by atoms with Crippen LogP contribution in [0.5, 0.6) is 11.5 Å². The van der Waals surface area contributed by atoms with Crippen LogP contribution in [0.4, 0.5) is 4.39 Å². The maximum absolute atomic E-state index is 12.7. The van der Waals surface area contributed by atoms with E-state index in [1.165, 1.54) is 30.3 Å². The van der Waals surface area contributed by atoms with Crippen molar-refractivity contribution in [1.82, 2.24) is 5.32 Å². The minimum atomic E-state index is -0.389. The number of hydrogen-bond donors (Lipinski definition) is 3. The minimum Gasteiger partial charge on any atom is -0.504 e. The molecular formula is C14H12FNO3. The van der Waals surface area contributed by atoms with Crippen molar-refractivity contribution in [3.63, 3.8) is 0 Å². The van der Waals surface area contributed by atoms with Gasteiger partial charge in [0.25, 0.3) is 5.91 Å². The monoisotopic (exact) mass is 261 g/mol. The molecule has 2 aromatic rings. The topological polar surface area (TPSA) is 69.6 Å². The molecule has 0 aliphatic heterocycles. The summed E-state index contributed by atoms with van der Waals surface area (Å²) in [5, 5.41) is 21.1. The number of halogens is 1. The van der Waals surface area contributed by atoms with Gasteiger partial charge in [-0.1, -0.05) is 12.1 Å². The molecule has 0 atom stereocenters. The molecule has 2 aromatic carbocycles. The first kappa shape index (κ1) is 12.9. The molecule has 0 radical (unpaired) electrons. The second-order valence-electron chi connectivity index (χ2n) is 4.01. The summed E-state index contributed by atoms with van der Waals surface area (Å²) in [4.78, 5) is 11.8. The summed E-state index contributed by atoms with van der Waals surface area (Å²) in [6.45, 7) is 0.251. The number of phenols is 2. The van der Waals surface area contributed by atoms with Crippen LogP contribution in [0, 0.1) is 5.82 Å². The van der Waals surface area contributed by atoms with Crippen LogP contribution in [0.1, 0.15) is 15.9 Å². The lowest BCUT2D eigenvalue weighted by molar-refractivity contribution is 0.0950. The van der Waals surface area contributed by atoms with Crippen molar-refractivity contribution in [1.29, 1.82) is 0 Å². The van der Waals surface area contributed by atoms with Gasteiger partial charge in [0, 0.05) is 12.1 Å². The lowest BCUT2D eigenvalue weighted by Gasteiger charge is -2.06. The van der Waals surface area contributed by atoms with Crippen molar-refractivity contribution < 1.29 is 19.4 Å². The molecule has 2 rings (SSSR count). The molecule has 4 nitrogen and oxygen atoms in total. The first-order valence-electron chi connectivity index (χ1n) is 5.61. The van der Waals surface area contributed by atoms with Crippen LogP contribution in [-0.2, 0) is 6.54 Å². The van der Waals surface area contributed by atoms with Gasteiger partial charge in [-0.15, -0.1) is 0 Å². The van der Waals surface area contributed by atoms with Gasteiger partial charge in [-0.05, 0) is 35.9 Å². The maximum atomic E-state index is 12.7. The molecule has 0 unspecified atom stereocenters. The fourth-order valence-corrected chi connectivity index (χ4v) is 1.55. The van der Waals surface area contributed by atoms with Gasteiger partial charge in [-0.2, -0.15) is 0 Å². The van der Waals surface area contributed by atoms with Crippen LogP contribution in [0.2, 0.25) is 0 Å². The lowest BCUT2D eigenvalue weighted by atomic mass is 10.1. The number of rotatable bonds is 3. The lowest BCUT2D eigenvalue weighted by Crippen LogP contribution is -2.22. The van der Waals surface area contributed by atoms with E-state index >= 15 is 0 Å². The molecule has 0 saturated carbocycles. The molecule has 0 heterocycles. The highest BCUT2D eigenvalue weighted by molar-refractivity contribution is 5.94. The molecule has 98 valence electrons. The van der Waals surface area contributed by atoms with Crippen LogP contribution in [0.3, 0.4) is 0 Å². The van der Waals surface area contributed by atoms with Crippen LogP contribution >= 0.6 is 0 Å². The summed E-state index contributed by atoms with van der Waals surface area (Å²) < 4.78 is 12.7. The van der Waals surface area contributed by atoms with E-state index in [1.54, 1.807) is 12.1 Å². The van der Waals surface area contributed by atoms with Gasteiger partial charge in [0.05, 0.1) is 0 Å². The maximum Gasteiger partial charge on any atom is 0.251 e. The summed E-state index contributed by atoms with van der Waals surface area (Å²) in [5.74, 6) is -1.36. The predicted molar refractivity (Wildman–Crippen MR) is 67.3 cm³/mol. The molecule has 0 aromatic heterocycles. The van der Waals surface area contributed by atoms with E-state index < -0.39 is 0 Å². The van der Waals surface area contributed by atoms with Gasteiger partial charge < -0.3 is 15.5 Å². The average molecular weight is 261 g/mol. The molecule has 0 aliphatic carbocycles. The highest BCUT2D eigenvalue weighted by Gasteiger charge is 2.08. The summed E-state index contributed by atoms with van der Waals surface area (Å²) in [6, 6.07) is 9.59. The van der Waals surface area contributed by atoms with Crippen molar-refractivity contribution in [3.8, 4) is 11.5 Å². The molecular weight excluding hydrogens is 249 g/mol. The molecule has 0 aliphatic rings. The fraction of sp³-hybridized carbons (Fsp3) is 0.0714. The van der Waals surface area contributed by atoms with Gasteiger partial charge in [-0.3, -0.25) is 4.79 Å². The van der Waals surface area contributed by atoms with Crippen LogP contribution in [0.25, 0.3) is 0 Å². The highest BCUT2D eigenvalue weighted by Crippen LogP contribution is 2.24. The Morgan fingerprint density at radius 3 is 2.37 bits per heavy atom. The molecule has 3 N–H and O–H groups in total. The Morgan fingerprint density at radius 2 is 1.74 bits per heavy atom. The van der Waals surface area contributed by atoms with Crippen LogP contribution in [-0.4, -0.2) is 16.1 Å². The number of benzene rings is 2. The van der Waals surface area contributed by atoms with E-state index in [0.717, 1.165) is 5.56 Å². The number of amides is 1. The average Bonchev–Trinajstić information content (AvgIpc) is 2.41. The molecule has 0 bridgehead atoms. The molecule has 0 saturated heterocycles. The second kappa shape index (κ2) is 5.39. The molecule has 0 fully saturated rings. The van der Waals surface area contributed by atoms with Gasteiger partial charge >= 0.3 is 0 Å². The molecule has 0 spiro atoms. The Morgan fingerprint density at radius 1 is 1.05 bits per heavy atom. The Kier molecular flexibility index (Phi) is 3.66. The van der Waals surface area contributed by atoms with Gasteiger partial charge in [-0.25, -0.2) is 4.39 Å². The minimum absolute atomic E-state index is 0.234. The van der Waals surface area contributed by atoms with Gasteiger partial charge in [0.15, 0.2) is 11.5 Å². The van der Waals surface area contributed by atoms with Crippen molar-refractivity contribution in [2.24, 2.45) is 0 Å². The predicted octanol–water partition coefficient (Wildman–Crippen LogP) is 2.17. The second-order valence-corrected chi connectivity index (χ2v) is 4.01. The normalized spacial score (nSPS) is 10.2. The smallest absolute Gasteiger partial charge is 0.251 e. The van der Waals surface area contributed by atoms with Crippen molar-refractivity contribution in [2.45, 2.75) is 6.54 Å². The molecule has 19 heavy (non-hydrogen) atoms. The zero-order chi connectivity index (χ0) is 13.8. The van der Waals surface area contributed by atoms with Crippen molar-refractivity contribution >= 4 is 5.91 Å². The standard InChI is InChI=1S/C14H12FNO3/c15-11-4-1-9(2-5-11)8-16-14(19)10-3-6-12(17)13(18)7-10/h1-7,17-18H,8H2,(H,16,19).